The lowest BCUT2D eigenvalue weighted by Gasteiger charge is -2.22. The van der Waals surface area contributed by atoms with Gasteiger partial charge in [-0.15, -0.1) is 0 Å². The van der Waals surface area contributed by atoms with Gasteiger partial charge < -0.3 is 14.6 Å². The summed E-state index contributed by atoms with van der Waals surface area (Å²) in [7, 11) is -1.10. The van der Waals surface area contributed by atoms with E-state index in [2.05, 4.69) is 25.7 Å². The fourth-order valence-electron chi connectivity index (χ4n) is 4.07. The van der Waals surface area contributed by atoms with E-state index in [1.54, 1.807) is 0 Å². The molecule has 4 heteroatoms. The van der Waals surface area contributed by atoms with Gasteiger partial charge in [-0.25, -0.2) is 0 Å². The van der Waals surface area contributed by atoms with E-state index in [1.165, 1.54) is 89.0 Å². The first-order valence-corrected chi connectivity index (χ1v) is 16.2. The van der Waals surface area contributed by atoms with E-state index < -0.39 is 8.07 Å². The maximum atomic E-state index is 9.49. The molecular weight excluding hydrogens is 376 g/mol. The van der Waals surface area contributed by atoms with Crippen LogP contribution in [-0.4, -0.2) is 39.3 Å². The molecule has 1 fully saturated rings. The zero-order valence-electron chi connectivity index (χ0n) is 19.9. The summed E-state index contributed by atoms with van der Waals surface area (Å²) in [6.45, 7) is 9.13. The number of aliphatic hydroxyl groups is 1. The second kappa shape index (κ2) is 17.5. The standard InChI is InChI=1S/C25H50O3Si/c1-29(2,3)23-24(22-26)18-14-12-10-8-6-4-5-7-9-11-13-16-20-27-25-19-15-17-21-28-25/h18,25-26H,4-17,19-23H2,1-3H3/b24-18+. The van der Waals surface area contributed by atoms with Crippen LogP contribution in [0.2, 0.25) is 25.7 Å². The number of hydrogen-bond acceptors (Lipinski definition) is 3. The molecule has 1 atom stereocenters. The lowest BCUT2D eigenvalue weighted by Crippen LogP contribution is -2.22. The highest BCUT2D eigenvalue weighted by atomic mass is 28.3. The zero-order valence-corrected chi connectivity index (χ0v) is 20.9. The van der Waals surface area contributed by atoms with Crippen molar-refractivity contribution in [3.05, 3.63) is 11.6 Å². The first-order chi connectivity index (χ1) is 14.0. The predicted molar refractivity (Wildman–Crippen MR) is 128 cm³/mol. The van der Waals surface area contributed by atoms with E-state index in [0.29, 0.717) is 0 Å². The summed E-state index contributed by atoms with van der Waals surface area (Å²) in [6.07, 6.45) is 21.9. The van der Waals surface area contributed by atoms with Gasteiger partial charge in [0.15, 0.2) is 6.29 Å². The Labute approximate surface area is 182 Å². The van der Waals surface area contributed by atoms with Crippen molar-refractivity contribution in [1.82, 2.24) is 0 Å². The first-order valence-electron chi connectivity index (χ1n) is 12.5. The van der Waals surface area contributed by atoms with E-state index in [0.717, 1.165) is 32.1 Å². The van der Waals surface area contributed by atoms with Crippen LogP contribution in [-0.2, 0) is 9.47 Å². The van der Waals surface area contributed by atoms with E-state index in [-0.39, 0.29) is 12.9 Å². The molecule has 29 heavy (non-hydrogen) atoms. The molecule has 172 valence electrons. The second-order valence-corrected chi connectivity index (χ2v) is 15.6. The molecule has 0 spiro atoms. The minimum absolute atomic E-state index is 0.0849. The first kappa shape index (κ1) is 26.9. The van der Waals surface area contributed by atoms with Gasteiger partial charge in [-0.1, -0.05) is 89.1 Å². The molecule has 0 saturated carbocycles. The lowest BCUT2D eigenvalue weighted by molar-refractivity contribution is -0.162. The van der Waals surface area contributed by atoms with Gasteiger partial charge in [-0.3, -0.25) is 0 Å². The molecule has 0 aromatic rings. The number of hydrogen-bond donors (Lipinski definition) is 1. The third-order valence-electron chi connectivity index (χ3n) is 5.68. The fraction of sp³-hybridized carbons (Fsp3) is 0.920. The van der Waals surface area contributed by atoms with Crippen LogP contribution in [0.3, 0.4) is 0 Å². The Bertz CT molecular complexity index is 397. The van der Waals surface area contributed by atoms with Crippen molar-refractivity contribution < 1.29 is 14.6 Å². The molecule has 0 aliphatic carbocycles. The number of ether oxygens (including phenoxy) is 2. The summed E-state index contributed by atoms with van der Waals surface area (Å²) in [5, 5.41) is 9.49. The van der Waals surface area contributed by atoms with Crippen molar-refractivity contribution in [3.63, 3.8) is 0 Å². The SMILES string of the molecule is C[Si](C)(C)C/C(=C/CCCCCCCCCCCCCOC1CCCCO1)CO. The van der Waals surface area contributed by atoms with Gasteiger partial charge in [-0.2, -0.15) is 0 Å². The van der Waals surface area contributed by atoms with Gasteiger partial charge in [0.05, 0.1) is 6.61 Å². The smallest absolute Gasteiger partial charge is 0.157 e. The van der Waals surface area contributed by atoms with Crippen molar-refractivity contribution in [2.75, 3.05) is 19.8 Å². The Hall–Kier alpha value is -0.163. The average Bonchev–Trinajstić information content (AvgIpc) is 2.69. The van der Waals surface area contributed by atoms with Crippen LogP contribution < -0.4 is 0 Å². The second-order valence-electron chi connectivity index (χ2n) is 10.1. The molecule has 3 nitrogen and oxygen atoms in total. The van der Waals surface area contributed by atoms with Crippen LogP contribution in [0.5, 0.6) is 0 Å². The number of aliphatic hydroxyl groups excluding tert-OH is 1. The molecule has 1 N–H and O–H groups in total. The summed E-state index contributed by atoms with van der Waals surface area (Å²) in [5.41, 5.74) is 1.28. The van der Waals surface area contributed by atoms with Gasteiger partial charge in [-0.05, 0) is 44.6 Å². The Balaban J connectivity index is 1.79. The van der Waals surface area contributed by atoms with Crippen LogP contribution >= 0.6 is 0 Å². The van der Waals surface area contributed by atoms with Crippen molar-refractivity contribution in [3.8, 4) is 0 Å². The summed E-state index contributed by atoms with van der Waals surface area (Å²) >= 11 is 0. The molecule has 1 saturated heterocycles. The number of rotatable bonds is 18. The average molecular weight is 427 g/mol. The Morgan fingerprint density at radius 2 is 1.48 bits per heavy atom. The lowest BCUT2D eigenvalue weighted by atomic mass is 10.0. The quantitative estimate of drug-likeness (QED) is 0.140. The van der Waals surface area contributed by atoms with Gasteiger partial charge in [0.2, 0.25) is 0 Å². The number of allylic oxidation sites excluding steroid dienone is 1. The minimum Gasteiger partial charge on any atom is -0.392 e. The Morgan fingerprint density at radius 1 is 0.897 bits per heavy atom. The van der Waals surface area contributed by atoms with Gasteiger partial charge in [0.1, 0.15) is 0 Å². The van der Waals surface area contributed by atoms with Gasteiger partial charge in [0.25, 0.3) is 0 Å². The highest BCUT2D eigenvalue weighted by Gasteiger charge is 2.15. The highest BCUT2D eigenvalue weighted by Crippen LogP contribution is 2.18. The van der Waals surface area contributed by atoms with E-state index in [1.807, 2.05) is 0 Å². The van der Waals surface area contributed by atoms with Crippen LogP contribution in [0.1, 0.15) is 96.3 Å². The van der Waals surface area contributed by atoms with Crippen LogP contribution in [0.25, 0.3) is 0 Å². The third kappa shape index (κ3) is 17.2. The largest absolute Gasteiger partial charge is 0.392 e. The highest BCUT2D eigenvalue weighted by molar-refractivity contribution is 6.76. The summed E-state index contributed by atoms with van der Waals surface area (Å²) in [6, 6.07) is 1.14. The van der Waals surface area contributed by atoms with Gasteiger partial charge >= 0.3 is 0 Å². The van der Waals surface area contributed by atoms with Crippen LogP contribution in [0.4, 0.5) is 0 Å². The topological polar surface area (TPSA) is 38.7 Å². The molecule has 0 bridgehead atoms. The normalized spacial score (nSPS) is 18.3. The number of unbranched alkanes of at least 4 members (excludes halogenated alkanes) is 11. The summed E-state index contributed by atoms with van der Waals surface area (Å²) in [4.78, 5) is 0. The molecule has 1 rings (SSSR count). The van der Waals surface area contributed by atoms with Crippen molar-refractivity contribution in [1.29, 1.82) is 0 Å². The van der Waals surface area contributed by atoms with Crippen molar-refractivity contribution >= 4 is 8.07 Å². The molecule has 0 amide bonds. The van der Waals surface area contributed by atoms with Crippen molar-refractivity contribution in [2.45, 2.75) is 128 Å². The van der Waals surface area contributed by atoms with Gasteiger partial charge in [0, 0.05) is 21.3 Å². The summed E-state index contributed by atoms with van der Waals surface area (Å²) in [5.74, 6) is 0. The molecular formula is C25H50O3Si. The molecule has 1 aliphatic heterocycles. The Morgan fingerprint density at radius 3 is 2.00 bits per heavy atom. The van der Waals surface area contributed by atoms with E-state index >= 15 is 0 Å². The molecule has 0 aromatic heterocycles. The molecule has 1 unspecified atom stereocenters. The Kier molecular flexibility index (Phi) is 16.2. The monoisotopic (exact) mass is 426 g/mol. The van der Waals surface area contributed by atoms with E-state index in [4.69, 9.17) is 9.47 Å². The fourth-order valence-corrected chi connectivity index (χ4v) is 5.69. The molecule has 1 aliphatic rings. The third-order valence-corrected chi connectivity index (χ3v) is 7.20. The van der Waals surface area contributed by atoms with Crippen LogP contribution in [0, 0.1) is 0 Å². The molecule has 0 radical (unpaired) electrons. The van der Waals surface area contributed by atoms with Crippen LogP contribution in [0.15, 0.2) is 11.6 Å². The maximum Gasteiger partial charge on any atom is 0.157 e. The molecule has 1 heterocycles. The maximum absolute atomic E-state index is 9.49. The minimum atomic E-state index is -1.10. The predicted octanol–water partition coefficient (Wildman–Crippen LogP) is 7.47. The zero-order chi connectivity index (χ0) is 21.2. The summed E-state index contributed by atoms with van der Waals surface area (Å²) < 4.78 is 11.4. The van der Waals surface area contributed by atoms with E-state index in [9.17, 15) is 5.11 Å². The van der Waals surface area contributed by atoms with Crippen molar-refractivity contribution in [2.24, 2.45) is 0 Å². The molecule has 0 aromatic carbocycles.